The molecule has 186 valence electrons. The first-order valence-electron chi connectivity index (χ1n) is 11.7. The fraction of sp³-hybridized carbons (Fsp3) is 0.818. The summed E-state index contributed by atoms with van der Waals surface area (Å²) < 4.78 is 0. The molecular formula is C22H41N3O7. The maximum atomic E-state index is 11.9. The van der Waals surface area contributed by atoms with Gasteiger partial charge >= 0.3 is 5.97 Å². The normalized spacial score (nSPS) is 12.6. The minimum Gasteiger partial charge on any atom is -0.480 e. The van der Waals surface area contributed by atoms with Gasteiger partial charge in [0, 0.05) is 6.42 Å². The molecule has 0 aliphatic carbocycles. The van der Waals surface area contributed by atoms with Crippen molar-refractivity contribution in [3.63, 3.8) is 0 Å². The van der Waals surface area contributed by atoms with E-state index in [0.29, 0.717) is 6.42 Å². The van der Waals surface area contributed by atoms with E-state index in [1.54, 1.807) is 0 Å². The summed E-state index contributed by atoms with van der Waals surface area (Å²) >= 11 is 0. The van der Waals surface area contributed by atoms with Crippen LogP contribution in [0.3, 0.4) is 0 Å². The Hall–Kier alpha value is -2.20. The predicted molar refractivity (Wildman–Crippen MR) is 120 cm³/mol. The minimum absolute atomic E-state index is 0.271. The second-order valence-electron chi connectivity index (χ2n) is 7.95. The molecule has 0 aromatic carbocycles. The number of carbonyl (C=O) groups is 4. The van der Waals surface area contributed by atoms with Gasteiger partial charge in [-0.25, -0.2) is 4.79 Å². The van der Waals surface area contributed by atoms with Crippen molar-refractivity contribution >= 4 is 23.7 Å². The summed E-state index contributed by atoms with van der Waals surface area (Å²) in [7, 11) is 0. The monoisotopic (exact) mass is 459 g/mol. The number of aliphatic hydroxyl groups is 2. The Morgan fingerprint density at radius 1 is 0.688 bits per heavy atom. The molecule has 10 heteroatoms. The number of carbonyl (C=O) groups excluding carboxylic acids is 3. The Morgan fingerprint density at radius 2 is 1.19 bits per heavy atom. The predicted octanol–water partition coefficient (Wildman–Crippen LogP) is 0.843. The van der Waals surface area contributed by atoms with E-state index in [1.165, 1.54) is 51.4 Å². The van der Waals surface area contributed by atoms with Gasteiger partial charge in [0.05, 0.1) is 19.8 Å². The van der Waals surface area contributed by atoms with Gasteiger partial charge in [-0.1, -0.05) is 71.1 Å². The van der Waals surface area contributed by atoms with Crippen molar-refractivity contribution in [2.45, 2.75) is 96.1 Å². The Kier molecular flexibility index (Phi) is 18.1. The largest absolute Gasteiger partial charge is 0.480 e. The number of amides is 3. The number of aliphatic carboxylic acids is 1. The van der Waals surface area contributed by atoms with Crippen LogP contribution >= 0.6 is 0 Å². The van der Waals surface area contributed by atoms with Crippen molar-refractivity contribution in [3.05, 3.63) is 0 Å². The van der Waals surface area contributed by atoms with Gasteiger partial charge in [-0.2, -0.15) is 0 Å². The first kappa shape index (κ1) is 29.8. The van der Waals surface area contributed by atoms with E-state index < -0.39 is 43.1 Å². The van der Waals surface area contributed by atoms with Gasteiger partial charge in [-0.3, -0.25) is 14.4 Å². The van der Waals surface area contributed by atoms with E-state index in [4.69, 9.17) is 10.2 Å². The Labute approximate surface area is 190 Å². The fourth-order valence-electron chi connectivity index (χ4n) is 3.11. The number of hydrogen-bond donors (Lipinski definition) is 6. The summed E-state index contributed by atoms with van der Waals surface area (Å²) in [6.45, 7) is 0.261. The number of aliphatic hydroxyl groups excluding tert-OH is 2. The third-order valence-corrected chi connectivity index (χ3v) is 5.08. The smallest absolute Gasteiger partial charge is 0.328 e. The van der Waals surface area contributed by atoms with Gasteiger partial charge in [0.15, 0.2) is 0 Å². The molecule has 0 aromatic rings. The molecule has 0 saturated carbocycles. The topological polar surface area (TPSA) is 165 Å². The molecule has 0 aliphatic heterocycles. The molecule has 0 aromatic heterocycles. The van der Waals surface area contributed by atoms with E-state index in [0.717, 1.165) is 19.3 Å². The standard InChI is InChI=1S/C22H41N3O7/c1-2-3-4-5-6-7-8-9-10-11-12-13-19(28)23-14-20(29)24-17(15-26)21(30)25-18(16-27)22(31)32/h17-18,26-27H,2-16H2,1H3,(H,23,28)(H,24,29)(H,25,30)(H,31,32)/t17-,18-/m0/s1. The van der Waals surface area contributed by atoms with Gasteiger partial charge in [0.2, 0.25) is 17.7 Å². The number of carboxylic acids is 1. The SMILES string of the molecule is CCCCCCCCCCCCCC(=O)NCC(=O)N[C@@H](CO)C(=O)N[C@@H](CO)C(=O)O. The molecule has 0 heterocycles. The van der Waals surface area contributed by atoms with Crippen molar-refractivity contribution in [3.8, 4) is 0 Å². The van der Waals surface area contributed by atoms with Crippen LogP contribution in [-0.4, -0.2) is 70.9 Å². The number of hydrogen-bond acceptors (Lipinski definition) is 6. The van der Waals surface area contributed by atoms with Crippen LogP contribution in [0.15, 0.2) is 0 Å². The van der Waals surface area contributed by atoms with Crippen molar-refractivity contribution in [2.75, 3.05) is 19.8 Å². The lowest BCUT2D eigenvalue weighted by molar-refractivity contribution is -0.143. The van der Waals surface area contributed by atoms with Crippen LogP contribution in [0.5, 0.6) is 0 Å². The highest BCUT2D eigenvalue weighted by atomic mass is 16.4. The van der Waals surface area contributed by atoms with Crippen molar-refractivity contribution < 1.29 is 34.5 Å². The zero-order valence-corrected chi connectivity index (χ0v) is 19.2. The number of unbranched alkanes of at least 4 members (excludes halogenated alkanes) is 10. The van der Waals surface area contributed by atoms with Gasteiger partial charge in [-0.15, -0.1) is 0 Å². The summed E-state index contributed by atoms with van der Waals surface area (Å²) in [5.74, 6) is -3.36. The molecule has 0 rings (SSSR count). The number of carboxylic acid groups (broad SMARTS) is 1. The lowest BCUT2D eigenvalue weighted by Crippen LogP contribution is -2.55. The second kappa shape index (κ2) is 19.5. The summed E-state index contributed by atoms with van der Waals surface area (Å²) in [5, 5.41) is 33.6. The Morgan fingerprint density at radius 3 is 1.66 bits per heavy atom. The highest BCUT2D eigenvalue weighted by Gasteiger charge is 2.25. The van der Waals surface area contributed by atoms with E-state index in [2.05, 4.69) is 17.6 Å². The Balaban J connectivity index is 3.88. The lowest BCUT2D eigenvalue weighted by Gasteiger charge is -2.19. The van der Waals surface area contributed by atoms with Crippen molar-refractivity contribution in [1.29, 1.82) is 0 Å². The fourth-order valence-corrected chi connectivity index (χ4v) is 3.11. The maximum Gasteiger partial charge on any atom is 0.328 e. The molecule has 0 fully saturated rings. The van der Waals surface area contributed by atoms with Gasteiger partial charge < -0.3 is 31.3 Å². The van der Waals surface area contributed by atoms with Crippen LogP contribution in [-0.2, 0) is 19.2 Å². The average molecular weight is 460 g/mol. The molecule has 0 radical (unpaired) electrons. The summed E-state index contributed by atoms with van der Waals surface area (Å²) in [6, 6.07) is -2.93. The van der Waals surface area contributed by atoms with Crippen LogP contribution in [0, 0.1) is 0 Å². The zero-order valence-electron chi connectivity index (χ0n) is 19.2. The summed E-state index contributed by atoms with van der Waals surface area (Å²) in [5.41, 5.74) is 0. The quantitative estimate of drug-likeness (QED) is 0.147. The molecule has 3 amide bonds. The lowest BCUT2D eigenvalue weighted by atomic mass is 10.1. The van der Waals surface area contributed by atoms with Crippen molar-refractivity contribution in [1.82, 2.24) is 16.0 Å². The molecule has 0 spiro atoms. The van der Waals surface area contributed by atoms with Gasteiger partial charge in [0.25, 0.3) is 0 Å². The highest BCUT2D eigenvalue weighted by Crippen LogP contribution is 2.11. The maximum absolute atomic E-state index is 11.9. The highest BCUT2D eigenvalue weighted by molar-refractivity contribution is 5.92. The number of rotatable bonds is 20. The third-order valence-electron chi connectivity index (χ3n) is 5.08. The first-order valence-corrected chi connectivity index (χ1v) is 11.7. The zero-order chi connectivity index (χ0) is 24.2. The summed E-state index contributed by atoms with van der Waals surface area (Å²) in [6.07, 6.45) is 13.3. The van der Waals surface area contributed by atoms with Crippen LogP contribution in [0.2, 0.25) is 0 Å². The van der Waals surface area contributed by atoms with E-state index in [-0.39, 0.29) is 12.5 Å². The van der Waals surface area contributed by atoms with Crippen LogP contribution < -0.4 is 16.0 Å². The molecule has 0 aliphatic rings. The van der Waals surface area contributed by atoms with Crippen LogP contribution in [0.4, 0.5) is 0 Å². The van der Waals surface area contributed by atoms with Gasteiger partial charge in [-0.05, 0) is 6.42 Å². The van der Waals surface area contributed by atoms with E-state index >= 15 is 0 Å². The van der Waals surface area contributed by atoms with Crippen LogP contribution in [0.1, 0.15) is 84.0 Å². The molecule has 32 heavy (non-hydrogen) atoms. The second-order valence-corrected chi connectivity index (χ2v) is 7.95. The Bertz CT molecular complexity index is 558. The number of nitrogens with one attached hydrogen (secondary N) is 3. The van der Waals surface area contributed by atoms with E-state index in [1.807, 2.05) is 5.32 Å². The summed E-state index contributed by atoms with van der Waals surface area (Å²) in [4.78, 5) is 46.5. The molecular weight excluding hydrogens is 418 g/mol. The molecule has 2 atom stereocenters. The molecule has 0 unspecified atom stereocenters. The minimum atomic E-state index is -1.54. The molecule has 0 saturated heterocycles. The van der Waals surface area contributed by atoms with Crippen LogP contribution in [0.25, 0.3) is 0 Å². The average Bonchev–Trinajstić information content (AvgIpc) is 2.77. The van der Waals surface area contributed by atoms with Crippen molar-refractivity contribution in [2.24, 2.45) is 0 Å². The molecule has 0 bridgehead atoms. The first-order chi connectivity index (χ1) is 15.3. The molecule has 6 N–H and O–H groups in total. The molecule has 10 nitrogen and oxygen atoms in total. The third kappa shape index (κ3) is 15.6. The van der Waals surface area contributed by atoms with Gasteiger partial charge in [0.1, 0.15) is 12.1 Å². The van der Waals surface area contributed by atoms with E-state index in [9.17, 15) is 24.3 Å².